The van der Waals surface area contributed by atoms with Gasteiger partial charge in [-0.05, 0) is 84.9 Å². The fraction of sp³-hybridized carbons (Fsp3) is 0.154. The van der Waals surface area contributed by atoms with Crippen LogP contribution in [0.2, 0.25) is 15.1 Å². The zero-order chi connectivity index (χ0) is 25.1. The van der Waals surface area contributed by atoms with Crippen molar-refractivity contribution >= 4 is 69.8 Å². The van der Waals surface area contributed by atoms with Crippen molar-refractivity contribution < 1.29 is 14.3 Å². The first-order valence-corrected chi connectivity index (χ1v) is 12.3. The molecule has 0 radical (unpaired) electrons. The maximum Gasteiger partial charge on any atom is 0.281 e. The summed E-state index contributed by atoms with van der Waals surface area (Å²) in [5.41, 5.74) is 2.71. The van der Waals surface area contributed by atoms with Gasteiger partial charge in [-0.1, -0.05) is 46.9 Å². The molecule has 180 valence electrons. The molecule has 9 heteroatoms. The molecule has 4 rings (SSSR count). The summed E-state index contributed by atoms with van der Waals surface area (Å²) in [4.78, 5) is 16.4. The molecule has 1 amide bonds. The van der Waals surface area contributed by atoms with E-state index in [1.54, 1.807) is 42.3 Å². The Balaban J connectivity index is 1.51. The third-order valence-electron chi connectivity index (χ3n) is 5.31. The molecule has 1 fully saturated rings. The first-order chi connectivity index (χ1) is 16.8. The van der Waals surface area contributed by atoms with Crippen molar-refractivity contribution in [1.82, 2.24) is 4.90 Å². The summed E-state index contributed by atoms with van der Waals surface area (Å²) >= 11 is 24.0. The van der Waals surface area contributed by atoms with E-state index in [4.69, 9.17) is 56.5 Å². The smallest absolute Gasteiger partial charge is 0.281 e. The lowest BCUT2D eigenvalue weighted by atomic mass is 10.1. The molecule has 0 bridgehead atoms. The number of halogens is 3. The van der Waals surface area contributed by atoms with Crippen molar-refractivity contribution in [1.29, 1.82) is 0 Å². The Labute approximate surface area is 224 Å². The molecule has 0 aromatic heterocycles. The van der Waals surface area contributed by atoms with Crippen molar-refractivity contribution in [3.8, 4) is 11.5 Å². The second-order valence-corrected chi connectivity index (χ2v) is 9.25. The van der Waals surface area contributed by atoms with Crippen LogP contribution in [0.15, 0.2) is 66.4 Å². The highest BCUT2D eigenvalue weighted by Gasteiger charge is 2.36. The van der Waals surface area contributed by atoms with Crippen LogP contribution in [0.4, 0.5) is 5.69 Å². The Kier molecular flexibility index (Phi) is 7.87. The minimum absolute atomic E-state index is 0.224. The van der Waals surface area contributed by atoms with Gasteiger partial charge in [0.05, 0.1) is 27.4 Å². The van der Waals surface area contributed by atoms with E-state index in [1.807, 2.05) is 43.3 Å². The average Bonchev–Trinajstić information content (AvgIpc) is 3.04. The molecule has 5 nitrogen and oxygen atoms in total. The third-order valence-corrected chi connectivity index (χ3v) is 6.80. The van der Waals surface area contributed by atoms with E-state index in [9.17, 15) is 4.79 Å². The molecular weight excluding hydrogens is 527 g/mol. The molecule has 1 heterocycles. The number of likely N-dealkylation sites (N-methyl/N-ethyl adjacent to an activating group) is 1. The van der Waals surface area contributed by atoms with Crippen LogP contribution in [-0.4, -0.2) is 29.6 Å². The Morgan fingerprint density at radius 2 is 1.66 bits per heavy atom. The summed E-state index contributed by atoms with van der Waals surface area (Å²) in [6.45, 7) is 2.77. The molecule has 0 spiro atoms. The topological polar surface area (TPSA) is 42.0 Å². The molecule has 3 aromatic rings. The predicted octanol–water partition coefficient (Wildman–Crippen LogP) is 7.23. The number of carbonyl (C=O) groups is 1. The number of hydrogen-bond donors (Lipinski definition) is 0. The van der Waals surface area contributed by atoms with E-state index in [0.717, 1.165) is 16.9 Å². The Morgan fingerprint density at radius 3 is 2.31 bits per heavy atom. The number of carbonyl (C=O) groups excluding carboxylic acids is 1. The van der Waals surface area contributed by atoms with Crippen LogP contribution in [0.1, 0.15) is 18.1 Å². The molecule has 1 aliphatic rings. The standard InChI is InChI=1S/C26H21Cl3N2O3S/c1-3-33-19-8-6-18(7-9-19)31-25(32)23(30(2)26(31)35)14-16-5-11-24(22(29)12-16)34-15-17-4-10-20(27)21(28)13-17/h4-14H,3,15H2,1-2H3/b23-14-. The van der Waals surface area contributed by atoms with Gasteiger partial charge in [0.2, 0.25) is 0 Å². The maximum atomic E-state index is 13.2. The lowest BCUT2D eigenvalue weighted by molar-refractivity contribution is -0.114. The van der Waals surface area contributed by atoms with Gasteiger partial charge in [0.25, 0.3) is 5.91 Å². The predicted molar refractivity (Wildman–Crippen MR) is 146 cm³/mol. The fourth-order valence-corrected chi connectivity index (χ4v) is 4.37. The highest BCUT2D eigenvalue weighted by atomic mass is 35.5. The number of thiocarbonyl (C=S) groups is 1. The summed E-state index contributed by atoms with van der Waals surface area (Å²) < 4.78 is 11.3. The van der Waals surface area contributed by atoms with E-state index < -0.39 is 0 Å². The summed E-state index contributed by atoms with van der Waals surface area (Å²) in [6, 6.07) is 17.9. The largest absolute Gasteiger partial charge is 0.494 e. The van der Waals surface area contributed by atoms with Gasteiger partial charge in [-0.3, -0.25) is 9.69 Å². The van der Waals surface area contributed by atoms with Gasteiger partial charge < -0.3 is 14.4 Å². The van der Waals surface area contributed by atoms with Crippen LogP contribution < -0.4 is 14.4 Å². The molecule has 35 heavy (non-hydrogen) atoms. The van der Waals surface area contributed by atoms with Gasteiger partial charge in [0, 0.05) is 7.05 Å². The quantitative estimate of drug-likeness (QED) is 0.231. The minimum atomic E-state index is -0.224. The van der Waals surface area contributed by atoms with Gasteiger partial charge in [-0.25, -0.2) is 0 Å². The number of ether oxygens (including phenoxy) is 2. The summed E-state index contributed by atoms with van der Waals surface area (Å²) in [6.07, 6.45) is 1.75. The Bertz CT molecular complexity index is 1310. The number of amides is 1. The van der Waals surface area contributed by atoms with E-state index in [0.29, 0.717) is 43.9 Å². The Hall–Kier alpha value is -2.77. The summed E-state index contributed by atoms with van der Waals surface area (Å²) in [5.74, 6) is 1.02. The number of benzene rings is 3. The number of nitrogens with zero attached hydrogens (tertiary/aromatic N) is 2. The molecule has 1 saturated heterocycles. The van der Waals surface area contributed by atoms with Crippen molar-refractivity contribution in [2.45, 2.75) is 13.5 Å². The van der Waals surface area contributed by atoms with Crippen LogP contribution in [0.3, 0.4) is 0 Å². The molecule has 0 N–H and O–H groups in total. The molecule has 3 aromatic carbocycles. The maximum absolute atomic E-state index is 13.2. The SMILES string of the molecule is CCOc1ccc(N2C(=O)/C(=C/c3ccc(OCc4ccc(Cl)c(Cl)c4)c(Cl)c3)N(C)C2=S)cc1. The molecule has 0 aliphatic carbocycles. The minimum Gasteiger partial charge on any atom is -0.494 e. The number of hydrogen-bond acceptors (Lipinski definition) is 4. The van der Waals surface area contributed by atoms with Crippen LogP contribution in [0.5, 0.6) is 11.5 Å². The zero-order valence-corrected chi connectivity index (χ0v) is 22.0. The van der Waals surface area contributed by atoms with Crippen molar-refractivity contribution in [3.05, 3.63) is 92.6 Å². The van der Waals surface area contributed by atoms with E-state index in [-0.39, 0.29) is 12.5 Å². The van der Waals surface area contributed by atoms with Gasteiger partial charge in [0.15, 0.2) is 5.11 Å². The van der Waals surface area contributed by atoms with Crippen molar-refractivity contribution in [2.75, 3.05) is 18.6 Å². The van der Waals surface area contributed by atoms with Crippen LogP contribution in [0.25, 0.3) is 6.08 Å². The highest BCUT2D eigenvalue weighted by molar-refractivity contribution is 7.80. The molecule has 0 saturated carbocycles. The van der Waals surface area contributed by atoms with Crippen LogP contribution in [-0.2, 0) is 11.4 Å². The molecular formula is C26H21Cl3N2O3S. The van der Waals surface area contributed by atoms with E-state index in [1.165, 1.54) is 4.90 Å². The van der Waals surface area contributed by atoms with Crippen molar-refractivity contribution in [2.24, 2.45) is 0 Å². The van der Waals surface area contributed by atoms with E-state index in [2.05, 4.69) is 0 Å². The second-order valence-electron chi connectivity index (χ2n) is 7.67. The fourth-order valence-electron chi connectivity index (χ4n) is 3.51. The second kappa shape index (κ2) is 10.9. The first kappa shape index (κ1) is 25.3. The first-order valence-electron chi connectivity index (χ1n) is 10.7. The third kappa shape index (κ3) is 5.57. The van der Waals surface area contributed by atoms with Crippen molar-refractivity contribution in [3.63, 3.8) is 0 Å². The average molecular weight is 548 g/mol. The molecule has 0 unspecified atom stereocenters. The van der Waals surface area contributed by atoms with Gasteiger partial charge in [-0.2, -0.15) is 0 Å². The highest BCUT2D eigenvalue weighted by Crippen LogP contribution is 2.32. The zero-order valence-electron chi connectivity index (χ0n) is 18.9. The monoisotopic (exact) mass is 546 g/mol. The van der Waals surface area contributed by atoms with E-state index >= 15 is 0 Å². The van der Waals surface area contributed by atoms with Crippen LogP contribution in [0, 0.1) is 0 Å². The number of anilines is 1. The summed E-state index contributed by atoms with van der Waals surface area (Å²) in [7, 11) is 1.76. The van der Waals surface area contributed by atoms with Gasteiger partial charge in [0.1, 0.15) is 23.8 Å². The van der Waals surface area contributed by atoms with Gasteiger partial charge in [-0.15, -0.1) is 0 Å². The van der Waals surface area contributed by atoms with Gasteiger partial charge >= 0.3 is 0 Å². The molecule has 1 aliphatic heterocycles. The van der Waals surface area contributed by atoms with Crippen LogP contribution >= 0.6 is 47.0 Å². The number of rotatable bonds is 7. The lowest BCUT2D eigenvalue weighted by Gasteiger charge is -2.16. The molecule has 0 atom stereocenters. The normalized spacial score (nSPS) is 14.7. The Morgan fingerprint density at radius 1 is 0.914 bits per heavy atom. The summed E-state index contributed by atoms with van der Waals surface area (Å²) in [5, 5.41) is 1.75. The lowest BCUT2D eigenvalue weighted by Crippen LogP contribution is -2.31.